The summed E-state index contributed by atoms with van der Waals surface area (Å²) in [5, 5.41) is 12.4. The summed E-state index contributed by atoms with van der Waals surface area (Å²) in [6.45, 7) is 1.49. The van der Waals surface area contributed by atoms with Gasteiger partial charge in [0, 0.05) is 38.0 Å². The third kappa shape index (κ3) is 3.76. The third-order valence-corrected chi connectivity index (χ3v) is 5.46. The molecule has 118 valence electrons. The highest BCUT2D eigenvalue weighted by Crippen LogP contribution is 2.33. The molecule has 5 heteroatoms. The Hall–Kier alpha value is -1.10. The maximum Gasteiger partial charge on any atom is 0.303 e. The van der Waals surface area contributed by atoms with E-state index in [2.05, 4.69) is 5.32 Å². The first-order valence-corrected chi connectivity index (χ1v) is 8.35. The Morgan fingerprint density at radius 1 is 0.952 bits per heavy atom. The number of likely N-dealkylation sites (tertiary alicyclic amines) is 1. The van der Waals surface area contributed by atoms with Gasteiger partial charge >= 0.3 is 5.97 Å². The van der Waals surface area contributed by atoms with E-state index >= 15 is 0 Å². The number of carboxylic acids is 1. The molecule has 3 heterocycles. The number of carbonyl (C=O) groups excluding carboxylic acids is 1. The number of aliphatic carboxylic acids is 1. The molecule has 0 spiro atoms. The van der Waals surface area contributed by atoms with E-state index in [0.717, 1.165) is 38.8 Å². The molecule has 2 N–H and O–H groups in total. The van der Waals surface area contributed by atoms with E-state index in [4.69, 9.17) is 5.11 Å². The van der Waals surface area contributed by atoms with Crippen molar-refractivity contribution < 1.29 is 14.7 Å². The van der Waals surface area contributed by atoms with Crippen molar-refractivity contribution in [2.45, 2.75) is 63.5 Å². The molecule has 5 nitrogen and oxygen atoms in total. The van der Waals surface area contributed by atoms with Crippen LogP contribution in [-0.2, 0) is 9.59 Å². The Kier molecular flexibility index (Phi) is 4.48. The van der Waals surface area contributed by atoms with Crippen LogP contribution in [0.2, 0.25) is 0 Å². The molecule has 0 aromatic rings. The highest BCUT2D eigenvalue weighted by molar-refractivity contribution is 5.76. The van der Waals surface area contributed by atoms with Gasteiger partial charge in [0.1, 0.15) is 0 Å². The number of carbonyl (C=O) groups is 2. The Labute approximate surface area is 126 Å². The average molecular weight is 294 g/mol. The van der Waals surface area contributed by atoms with Crippen molar-refractivity contribution in [3.05, 3.63) is 0 Å². The monoisotopic (exact) mass is 294 g/mol. The lowest BCUT2D eigenvalue weighted by molar-refractivity contribution is -0.138. The number of piperidine rings is 2. The maximum absolute atomic E-state index is 12.4. The summed E-state index contributed by atoms with van der Waals surface area (Å²) >= 11 is 0. The lowest BCUT2D eigenvalue weighted by Gasteiger charge is -2.34. The van der Waals surface area contributed by atoms with Crippen LogP contribution in [0.25, 0.3) is 0 Å². The molecule has 3 fully saturated rings. The van der Waals surface area contributed by atoms with Gasteiger partial charge in [0.25, 0.3) is 0 Å². The Morgan fingerprint density at radius 3 is 2.14 bits per heavy atom. The zero-order chi connectivity index (χ0) is 14.8. The van der Waals surface area contributed by atoms with Gasteiger partial charge in [-0.15, -0.1) is 0 Å². The van der Waals surface area contributed by atoms with Gasteiger partial charge in [-0.2, -0.15) is 0 Å². The molecule has 0 aromatic carbocycles. The standard InChI is InChI=1S/C16H26N2O3/c19-15(9-12-7-13-1-2-14(8-12)17-13)18-5-3-11(4-6-18)10-16(20)21/h11-14,17H,1-10H2,(H,20,21). The summed E-state index contributed by atoms with van der Waals surface area (Å²) in [5.41, 5.74) is 0. The number of hydrogen-bond acceptors (Lipinski definition) is 3. The molecule has 2 bridgehead atoms. The van der Waals surface area contributed by atoms with Gasteiger partial charge in [0.15, 0.2) is 0 Å². The van der Waals surface area contributed by atoms with E-state index < -0.39 is 5.97 Å². The van der Waals surface area contributed by atoms with Crippen molar-refractivity contribution in [3.8, 4) is 0 Å². The molecule has 2 atom stereocenters. The van der Waals surface area contributed by atoms with E-state index in [0.29, 0.717) is 24.4 Å². The quantitative estimate of drug-likeness (QED) is 0.826. The summed E-state index contributed by atoms with van der Waals surface area (Å²) in [6, 6.07) is 1.28. The van der Waals surface area contributed by atoms with Crippen LogP contribution in [0.5, 0.6) is 0 Å². The predicted octanol–water partition coefficient (Wildman–Crippen LogP) is 1.62. The second kappa shape index (κ2) is 6.34. The molecule has 2 unspecified atom stereocenters. The van der Waals surface area contributed by atoms with Crippen LogP contribution in [0.15, 0.2) is 0 Å². The molecule has 3 aliphatic rings. The van der Waals surface area contributed by atoms with Crippen molar-refractivity contribution in [2.24, 2.45) is 11.8 Å². The maximum atomic E-state index is 12.4. The summed E-state index contributed by atoms with van der Waals surface area (Å²) in [4.78, 5) is 25.1. The first-order chi connectivity index (χ1) is 10.1. The molecule has 3 saturated heterocycles. The fourth-order valence-electron chi connectivity index (χ4n) is 4.35. The lowest BCUT2D eigenvalue weighted by atomic mass is 9.88. The number of hydrogen-bond donors (Lipinski definition) is 2. The Balaban J connectivity index is 1.43. The van der Waals surface area contributed by atoms with Crippen LogP contribution in [0.3, 0.4) is 0 Å². The molecule has 3 rings (SSSR count). The summed E-state index contributed by atoms with van der Waals surface area (Å²) in [6.07, 6.45) is 7.48. The van der Waals surface area contributed by atoms with Crippen LogP contribution in [-0.4, -0.2) is 47.1 Å². The first kappa shape index (κ1) is 14.8. The Bertz CT molecular complexity index is 392. The van der Waals surface area contributed by atoms with Gasteiger partial charge < -0.3 is 15.3 Å². The normalized spacial score (nSPS) is 33.1. The topological polar surface area (TPSA) is 69.6 Å². The van der Waals surface area contributed by atoms with Gasteiger partial charge in [-0.05, 0) is 50.4 Å². The molecule has 1 amide bonds. The van der Waals surface area contributed by atoms with Gasteiger partial charge in [0.05, 0.1) is 0 Å². The minimum Gasteiger partial charge on any atom is -0.481 e. The van der Waals surface area contributed by atoms with E-state index in [1.807, 2.05) is 4.90 Å². The molecule has 0 radical (unpaired) electrons. The van der Waals surface area contributed by atoms with E-state index in [-0.39, 0.29) is 18.2 Å². The summed E-state index contributed by atoms with van der Waals surface area (Å²) in [5.74, 6) is 0.370. The number of fused-ring (bicyclic) bond motifs is 2. The third-order valence-electron chi connectivity index (χ3n) is 5.46. The zero-order valence-electron chi connectivity index (χ0n) is 12.6. The molecular weight excluding hydrogens is 268 g/mol. The number of nitrogens with one attached hydrogen (secondary N) is 1. The highest BCUT2D eigenvalue weighted by Gasteiger charge is 2.35. The fraction of sp³-hybridized carbons (Fsp3) is 0.875. The van der Waals surface area contributed by atoms with Crippen molar-refractivity contribution >= 4 is 11.9 Å². The zero-order valence-corrected chi connectivity index (χ0v) is 12.6. The number of nitrogens with zero attached hydrogens (tertiary/aromatic N) is 1. The van der Waals surface area contributed by atoms with E-state index in [1.54, 1.807) is 0 Å². The number of carboxylic acid groups (broad SMARTS) is 1. The van der Waals surface area contributed by atoms with Crippen LogP contribution in [0, 0.1) is 11.8 Å². The second-order valence-electron chi connectivity index (χ2n) is 7.10. The average Bonchev–Trinajstić information content (AvgIpc) is 2.78. The largest absolute Gasteiger partial charge is 0.481 e. The molecular formula is C16H26N2O3. The molecule has 0 saturated carbocycles. The van der Waals surface area contributed by atoms with Crippen LogP contribution < -0.4 is 5.32 Å². The molecule has 3 aliphatic heterocycles. The lowest BCUT2D eigenvalue weighted by Crippen LogP contribution is -2.42. The predicted molar refractivity (Wildman–Crippen MR) is 78.8 cm³/mol. The summed E-state index contributed by atoms with van der Waals surface area (Å²) < 4.78 is 0. The number of amides is 1. The number of rotatable bonds is 4. The van der Waals surface area contributed by atoms with Crippen LogP contribution in [0.1, 0.15) is 51.4 Å². The SMILES string of the molecule is O=C(O)CC1CCN(C(=O)CC2CC3CCC(C2)N3)CC1. The summed E-state index contributed by atoms with van der Waals surface area (Å²) in [7, 11) is 0. The van der Waals surface area contributed by atoms with Crippen molar-refractivity contribution in [3.63, 3.8) is 0 Å². The van der Waals surface area contributed by atoms with Crippen LogP contribution in [0.4, 0.5) is 0 Å². The van der Waals surface area contributed by atoms with Crippen molar-refractivity contribution in [2.75, 3.05) is 13.1 Å². The fourth-order valence-corrected chi connectivity index (χ4v) is 4.35. The van der Waals surface area contributed by atoms with Crippen LogP contribution >= 0.6 is 0 Å². The van der Waals surface area contributed by atoms with Gasteiger partial charge in [-0.25, -0.2) is 0 Å². The van der Waals surface area contributed by atoms with Gasteiger partial charge in [-0.1, -0.05) is 0 Å². The minimum atomic E-state index is -0.718. The first-order valence-electron chi connectivity index (χ1n) is 8.35. The molecule has 21 heavy (non-hydrogen) atoms. The van der Waals surface area contributed by atoms with Crippen molar-refractivity contribution in [1.29, 1.82) is 0 Å². The van der Waals surface area contributed by atoms with E-state index in [1.165, 1.54) is 12.8 Å². The van der Waals surface area contributed by atoms with Gasteiger partial charge in [0.2, 0.25) is 5.91 Å². The van der Waals surface area contributed by atoms with E-state index in [9.17, 15) is 9.59 Å². The highest BCUT2D eigenvalue weighted by atomic mass is 16.4. The van der Waals surface area contributed by atoms with Gasteiger partial charge in [-0.3, -0.25) is 9.59 Å². The second-order valence-corrected chi connectivity index (χ2v) is 7.10. The smallest absolute Gasteiger partial charge is 0.303 e. The van der Waals surface area contributed by atoms with Crippen molar-refractivity contribution in [1.82, 2.24) is 10.2 Å². The Morgan fingerprint density at radius 2 is 1.57 bits per heavy atom. The minimum absolute atomic E-state index is 0.250. The molecule has 0 aromatic heterocycles. The molecule has 0 aliphatic carbocycles.